The first-order valence-electron chi connectivity index (χ1n) is 11.7. The van der Waals surface area contributed by atoms with Crippen LogP contribution in [0.1, 0.15) is 42.7 Å². The van der Waals surface area contributed by atoms with E-state index >= 15 is 0 Å². The number of benzene rings is 2. The van der Waals surface area contributed by atoms with Gasteiger partial charge in [0, 0.05) is 7.05 Å². The average molecular weight is 476 g/mol. The van der Waals surface area contributed by atoms with E-state index in [0.29, 0.717) is 41.2 Å². The van der Waals surface area contributed by atoms with Gasteiger partial charge in [-0.2, -0.15) is 5.10 Å². The Balaban J connectivity index is 1.71. The number of amides is 1. The number of H-pyrrole nitrogens is 1. The molecule has 0 aliphatic carbocycles. The molecule has 0 spiro atoms. The largest absolute Gasteiger partial charge is 0.493 e. The highest BCUT2D eigenvalue weighted by Crippen LogP contribution is 2.30. The molecule has 0 bridgehead atoms. The molecule has 0 unspecified atom stereocenters. The van der Waals surface area contributed by atoms with E-state index in [1.165, 1.54) is 0 Å². The summed E-state index contributed by atoms with van der Waals surface area (Å²) in [6, 6.07) is 13.5. The lowest BCUT2D eigenvalue weighted by atomic mass is 10.00. The van der Waals surface area contributed by atoms with Gasteiger partial charge in [0.25, 0.3) is 5.56 Å². The Morgan fingerprint density at radius 3 is 2.51 bits per heavy atom. The number of ether oxygens (including phenoxy) is 1. The predicted molar refractivity (Wildman–Crippen MR) is 133 cm³/mol. The van der Waals surface area contributed by atoms with Crippen LogP contribution in [0.5, 0.6) is 5.75 Å². The minimum absolute atomic E-state index is 0.111. The Morgan fingerprint density at radius 1 is 1.11 bits per heavy atom. The smallest absolute Gasteiger partial charge is 0.277 e. The Labute approximate surface area is 202 Å². The monoisotopic (exact) mass is 475 g/mol. The predicted octanol–water partition coefficient (Wildman–Crippen LogP) is 3.31. The van der Waals surface area contributed by atoms with Gasteiger partial charge < -0.3 is 9.72 Å². The van der Waals surface area contributed by atoms with Gasteiger partial charge in [0.05, 0.1) is 24.3 Å². The Morgan fingerprint density at radius 2 is 1.83 bits per heavy atom. The zero-order valence-electron chi connectivity index (χ0n) is 20.1. The normalized spacial score (nSPS) is 11.1. The van der Waals surface area contributed by atoms with E-state index in [4.69, 9.17) is 14.9 Å². The average Bonchev–Trinajstić information content (AvgIpc) is 3.17. The van der Waals surface area contributed by atoms with Crippen LogP contribution in [0.3, 0.4) is 0 Å². The third-order valence-corrected chi connectivity index (χ3v) is 5.77. The number of hydroxylamine groups is 1. The lowest BCUT2D eigenvalue weighted by molar-refractivity contribution is -0.128. The van der Waals surface area contributed by atoms with Gasteiger partial charge >= 0.3 is 0 Å². The zero-order valence-corrected chi connectivity index (χ0v) is 20.1. The number of aromatic amines is 1. The van der Waals surface area contributed by atoms with Crippen molar-refractivity contribution in [3.8, 4) is 17.1 Å². The summed E-state index contributed by atoms with van der Waals surface area (Å²) in [5.74, 6) is 0.636. The molecule has 4 aromatic rings. The van der Waals surface area contributed by atoms with Crippen LogP contribution in [0.15, 0.2) is 47.3 Å². The van der Waals surface area contributed by atoms with Crippen molar-refractivity contribution in [1.82, 2.24) is 25.2 Å². The molecule has 0 saturated carbocycles. The molecule has 0 radical (unpaired) electrons. The van der Waals surface area contributed by atoms with Gasteiger partial charge in [-0.05, 0) is 48.6 Å². The number of fused-ring (bicyclic) bond motifs is 1. The maximum atomic E-state index is 12.9. The SMILES string of the molecule is CCCc1nn(C)c2c(=O)[nH]c(-c3cc(Cc4ccc(CC(=O)NO)cc4)ccc3OCC)nc12. The van der Waals surface area contributed by atoms with E-state index in [1.54, 1.807) is 17.2 Å². The van der Waals surface area contributed by atoms with E-state index < -0.39 is 5.91 Å². The number of aromatic nitrogens is 4. The van der Waals surface area contributed by atoms with Gasteiger partial charge in [0.2, 0.25) is 5.91 Å². The second-order valence-electron chi connectivity index (χ2n) is 8.40. The molecule has 35 heavy (non-hydrogen) atoms. The summed E-state index contributed by atoms with van der Waals surface area (Å²) in [7, 11) is 1.76. The molecule has 0 atom stereocenters. The van der Waals surface area contributed by atoms with Crippen LogP contribution >= 0.6 is 0 Å². The number of aryl methyl sites for hydroxylation is 2. The standard InChI is InChI=1S/C26H29N5O4/c1-4-6-20-23-24(31(3)29-20)26(33)28-25(27-23)19-14-18(11-12-21(19)35-5-2)13-16-7-9-17(10-8-16)15-22(32)30-34/h7-12,14,34H,4-6,13,15H2,1-3H3,(H,30,32)(H,27,28,33). The molecule has 3 N–H and O–H groups in total. The summed E-state index contributed by atoms with van der Waals surface area (Å²) in [5, 5.41) is 13.2. The molecular formula is C26H29N5O4. The topological polar surface area (TPSA) is 122 Å². The summed E-state index contributed by atoms with van der Waals surface area (Å²) < 4.78 is 7.44. The molecule has 4 rings (SSSR count). The van der Waals surface area contributed by atoms with E-state index in [0.717, 1.165) is 35.2 Å². The molecule has 2 aromatic carbocycles. The number of carbonyl (C=O) groups is 1. The van der Waals surface area contributed by atoms with Gasteiger partial charge in [-0.15, -0.1) is 0 Å². The van der Waals surface area contributed by atoms with Crippen molar-refractivity contribution >= 4 is 16.9 Å². The van der Waals surface area contributed by atoms with Crippen LogP contribution in [0, 0.1) is 0 Å². The fraction of sp³-hybridized carbons (Fsp3) is 0.308. The second-order valence-corrected chi connectivity index (χ2v) is 8.40. The maximum absolute atomic E-state index is 12.9. The van der Waals surface area contributed by atoms with Crippen LogP contribution in [0.2, 0.25) is 0 Å². The first-order chi connectivity index (χ1) is 16.9. The highest BCUT2D eigenvalue weighted by Gasteiger charge is 2.18. The molecular weight excluding hydrogens is 446 g/mol. The van der Waals surface area contributed by atoms with Gasteiger partial charge in [-0.25, -0.2) is 10.5 Å². The summed E-state index contributed by atoms with van der Waals surface area (Å²) in [6.45, 7) is 4.46. The number of hydrogen-bond donors (Lipinski definition) is 3. The fourth-order valence-electron chi connectivity index (χ4n) is 4.17. The van der Waals surface area contributed by atoms with Crippen molar-refractivity contribution in [2.24, 2.45) is 7.05 Å². The summed E-state index contributed by atoms with van der Waals surface area (Å²) in [6.07, 6.45) is 2.40. The molecule has 0 aliphatic heterocycles. The molecule has 2 heterocycles. The summed E-state index contributed by atoms with van der Waals surface area (Å²) in [5.41, 5.74) is 6.89. The first-order valence-corrected chi connectivity index (χ1v) is 11.7. The van der Waals surface area contributed by atoms with E-state index in [1.807, 2.05) is 49.4 Å². The summed E-state index contributed by atoms with van der Waals surface area (Å²) >= 11 is 0. The minimum Gasteiger partial charge on any atom is -0.493 e. The molecule has 0 fully saturated rings. The van der Waals surface area contributed by atoms with Crippen molar-refractivity contribution < 1.29 is 14.7 Å². The lowest BCUT2D eigenvalue weighted by Gasteiger charge is -2.12. The molecule has 1 amide bonds. The van der Waals surface area contributed by atoms with Crippen LogP contribution < -0.4 is 15.8 Å². The van der Waals surface area contributed by atoms with Gasteiger partial charge in [-0.3, -0.25) is 19.5 Å². The second kappa shape index (κ2) is 10.5. The van der Waals surface area contributed by atoms with Crippen molar-refractivity contribution in [2.45, 2.75) is 39.5 Å². The number of rotatable bonds is 9. The van der Waals surface area contributed by atoms with Crippen LogP contribution in [-0.2, 0) is 31.1 Å². The Kier molecular flexibility index (Phi) is 7.26. The zero-order chi connectivity index (χ0) is 24.9. The molecule has 182 valence electrons. The third kappa shape index (κ3) is 5.25. The molecule has 9 heteroatoms. The van der Waals surface area contributed by atoms with Crippen molar-refractivity contribution in [3.05, 3.63) is 75.2 Å². The molecule has 2 aromatic heterocycles. The lowest BCUT2D eigenvalue weighted by Crippen LogP contribution is -2.20. The highest BCUT2D eigenvalue weighted by atomic mass is 16.5. The van der Waals surface area contributed by atoms with Crippen molar-refractivity contribution in [2.75, 3.05) is 6.61 Å². The van der Waals surface area contributed by atoms with E-state index in [-0.39, 0.29) is 12.0 Å². The summed E-state index contributed by atoms with van der Waals surface area (Å²) in [4.78, 5) is 32.0. The Hall–Kier alpha value is -3.98. The molecule has 0 saturated heterocycles. The number of nitrogens with one attached hydrogen (secondary N) is 2. The van der Waals surface area contributed by atoms with Gasteiger partial charge in [0.1, 0.15) is 17.1 Å². The molecule has 0 aliphatic rings. The van der Waals surface area contributed by atoms with Gasteiger partial charge in [0.15, 0.2) is 5.52 Å². The van der Waals surface area contributed by atoms with Crippen molar-refractivity contribution in [3.63, 3.8) is 0 Å². The third-order valence-electron chi connectivity index (χ3n) is 5.77. The van der Waals surface area contributed by atoms with Gasteiger partial charge in [-0.1, -0.05) is 43.7 Å². The van der Waals surface area contributed by atoms with E-state index in [2.05, 4.69) is 17.0 Å². The number of carbonyl (C=O) groups excluding carboxylic acids is 1. The van der Waals surface area contributed by atoms with Crippen LogP contribution in [-0.4, -0.2) is 37.5 Å². The van der Waals surface area contributed by atoms with E-state index in [9.17, 15) is 9.59 Å². The van der Waals surface area contributed by atoms with Crippen molar-refractivity contribution in [1.29, 1.82) is 0 Å². The van der Waals surface area contributed by atoms with Crippen LogP contribution in [0.25, 0.3) is 22.4 Å². The highest BCUT2D eigenvalue weighted by molar-refractivity contribution is 5.80. The number of hydrogen-bond acceptors (Lipinski definition) is 6. The number of nitrogens with zero attached hydrogens (tertiary/aromatic N) is 3. The Bertz CT molecular complexity index is 1410. The first kappa shape index (κ1) is 24.2. The molecule has 9 nitrogen and oxygen atoms in total. The maximum Gasteiger partial charge on any atom is 0.277 e. The van der Waals surface area contributed by atoms with Crippen LogP contribution in [0.4, 0.5) is 0 Å². The fourth-order valence-corrected chi connectivity index (χ4v) is 4.17. The minimum atomic E-state index is -0.455. The quantitative estimate of drug-likeness (QED) is 0.252.